The van der Waals surface area contributed by atoms with E-state index in [4.69, 9.17) is 4.74 Å². The molecule has 0 unspecified atom stereocenters. The zero-order valence-corrected chi connectivity index (χ0v) is 12.4. The summed E-state index contributed by atoms with van der Waals surface area (Å²) in [4.78, 5) is 16.4. The molecule has 0 aromatic carbocycles. The second-order valence-corrected chi connectivity index (χ2v) is 5.73. The van der Waals surface area contributed by atoms with Gasteiger partial charge in [0.1, 0.15) is 0 Å². The van der Waals surface area contributed by atoms with Crippen LogP contribution in [0.4, 0.5) is 0 Å². The minimum Gasteiger partial charge on any atom is -0.379 e. The molecule has 2 heterocycles. The second-order valence-electron chi connectivity index (χ2n) is 5.73. The third kappa shape index (κ3) is 5.23. The molecule has 114 valence electrons. The lowest BCUT2D eigenvalue weighted by atomic mass is 9.96. The van der Waals surface area contributed by atoms with Crippen LogP contribution in [0.2, 0.25) is 0 Å². The van der Waals surface area contributed by atoms with Gasteiger partial charge in [0, 0.05) is 26.2 Å². The summed E-state index contributed by atoms with van der Waals surface area (Å²) < 4.78 is 5.38. The largest absolute Gasteiger partial charge is 0.379 e. The van der Waals surface area contributed by atoms with Gasteiger partial charge < -0.3 is 10.1 Å². The van der Waals surface area contributed by atoms with Crippen LogP contribution >= 0.6 is 0 Å². The first-order chi connectivity index (χ1) is 9.78. The predicted octanol–water partition coefficient (Wildman–Crippen LogP) is 0.333. The lowest BCUT2D eigenvalue weighted by Crippen LogP contribution is -2.45. The number of piperidine rings is 1. The summed E-state index contributed by atoms with van der Waals surface area (Å²) >= 11 is 0. The van der Waals surface area contributed by atoms with Gasteiger partial charge in [-0.2, -0.15) is 0 Å². The van der Waals surface area contributed by atoms with Gasteiger partial charge in [0.25, 0.3) is 0 Å². The van der Waals surface area contributed by atoms with Gasteiger partial charge in [0.05, 0.1) is 19.8 Å². The van der Waals surface area contributed by atoms with E-state index in [1.54, 1.807) is 6.08 Å². The highest BCUT2D eigenvalue weighted by atomic mass is 16.5. The van der Waals surface area contributed by atoms with Crippen molar-refractivity contribution in [1.29, 1.82) is 0 Å². The van der Waals surface area contributed by atoms with Gasteiger partial charge in [-0.25, -0.2) is 0 Å². The Kier molecular flexibility index (Phi) is 6.50. The van der Waals surface area contributed by atoms with Gasteiger partial charge in [0.2, 0.25) is 5.91 Å². The molecule has 1 amide bonds. The zero-order valence-electron chi connectivity index (χ0n) is 12.4. The molecule has 0 saturated carbocycles. The van der Waals surface area contributed by atoms with Crippen molar-refractivity contribution < 1.29 is 9.53 Å². The Morgan fingerprint density at radius 2 is 1.90 bits per heavy atom. The molecule has 0 radical (unpaired) electrons. The number of morpholine rings is 1. The first-order valence-corrected chi connectivity index (χ1v) is 7.68. The highest BCUT2D eigenvalue weighted by molar-refractivity contribution is 5.78. The fourth-order valence-corrected chi connectivity index (χ4v) is 2.92. The van der Waals surface area contributed by atoms with Crippen LogP contribution in [0.1, 0.15) is 12.8 Å². The van der Waals surface area contributed by atoms with Gasteiger partial charge in [0.15, 0.2) is 0 Å². The van der Waals surface area contributed by atoms with Crippen molar-refractivity contribution in [1.82, 2.24) is 15.1 Å². The van der Waals surface area contributed by atoms with Gasteiger partial charge in [-0.3, -0.25) is 14.6 Å². The Hall–Kier alpha value is -0.910. The van der Waals surface area contributed by atoms with Crippen LogP contribution in [-0.4, -0.2) is 74.7 Å². The number of nitrogens with one attached hydrogen (secondary N) is 1. The van der Waals surface area contributed by atoms with Crippen LogP contribution in [0, 0.1) is 5.92 Å². The van der Waals surface area contributed by atoms with Crippen LogP contribution in [0.15, 0.2) is 12.7 Å². The second kappa shape index (κ2) is 8.39. The molecule has 1 N–H and O–H groups in total. The summed E-state index contributed by atoms with van der Waals surface area (Å²) in [5, 5.41) is 2.84. The molecular formula is C15H27N3O2. The summed E-state index contributed by atoms with van der Waals surface area (Å²) in [6, 6.07) is 0. The van der Waals surface area contributed by atoms with Gasteiger partial charge in [-0.1, -0.05) is 6.08 Å². The number of hydrogen-bond donors (Lipinski definition) is 1. The van der Waals surface area contributed by atoms with Crippen molar-refractivity contribution >= 4 is 5.91 Å². The molecule has 2 aliphatic heterocycles. The number of carbonyl (C=O) groups excluding carboxylic acids is 1. The monoisotopic (exact) mass is 281 g/mol. The number of hydrogen-bond acceptors (Lipinski definition) is 4. The molecule has 2 saturated heterocycles. The van der Waals surface area contributed by atoms with E-state index in [0.717, 1.165) is 45.3 Å². The molecule has 20 heavy (non-hydrogen) atoms. The smallest absolute Gasteiger partial charge is 0.234 e. The highest BCUT2D eigenvalue weighted by Gasteiger charge is 2.23. The molecule has 0 aliphatic carbocycles. The topological polar surface area (TPSA) is 44.8 Å². The quantitative estimate of drug-likeness (QED) is 0.713. The third-order valence-electron chi connectivity index (χ3n) is 4.14. The number of ether oxygens (including phenoxy) is 1. The number of nitrogens with zero attached hydrogens (tertiary/aromatic N) is 2. The molecular weight excluding hydrogens is 254 g/mol. The van der Waals surface area contributed by atoms with Crippen LogP contribution in [0.25, 0.3) is 0 Å². The van der Waals surface area contributed by atoms with E-state index in [2.05, 4.69) is 21.7 Å². The van der Waals surface area contributed by atoms with E-state index >= 15 is 0 Å². The van der Waals surface area contributed by atoms with E-state index < -0.39 is 0 Å². The van der Waals surface area contributed by atoms with E-state index in [9.17, 15) is 4.79 Å². The number of likely N-dealkylation sites (tertiary alicyclic amines) is 1. The molecule has 2 aliphatic rings. The Labute approximate surface area is 121 Å². The predicted molar refractivity (Wildman–Crippen MR) is 79.6 cm³/mol. The molecule has 5 heteroatoms. The van der Waals surface area contributed by atoms with Gasteiger partial charge in [-0.15, -0.1) is 6.58 Å². The van der Waals surface area contributed by atoms with Crippen molar-refractivity contribution in [3.63, 3.8) is 0 Å². The van der Waals surface area contributed by atoms with E-state index in [1.165, 1.54) is 19.4 Å². The first-order valence-electron chi connectivity index (χ1n) is 7.68. The fraction of sp³-hybridized carbons (Fsp3) is 0.800. The number of amides is 1. The maximum absolute atomic E-state index is 11.6. The Balaban J connectivity index is 1.61. The van der Waals surface area contributed by atoms with E-state index in [-0.39, 0.29) is 5.91 Å². The van der Waals surface area contributed by atoms with Gasteiger partial charge >= 0.3 is 0 Å². The number of carbonyl (C=O) groups is 1. The van der Waals surface area contributed by atoms with Crippen molar-refractivity contribution in [2.24, 2.45) is 5.92 Å². The van der Waals surface area contributed by atoms with Crippen LogP contribution in [-0.2, 0) is 9.53 Å². The van der Waals surface area contributed by atoms with Crippen molar-refractivity contribution in [2.75, 3.05) is 59.0 Å². The van der Waals surface area contributed by atoms with E-state index in [1.807, 2.05) is 0 Å². The lowest BCUT2D eigenvalue weighted by Gasteiger charge is -2.35. The van der Waals surface area contributed by atoms with Crippen LogP contribution in [0.3, 0.4) is 0 Å². The molecule has 0 atom stereocenters. The van der Waals surface area contributed by atoms with Gasteiger partial charge in [-0.05, 0) is 31.8 Å². The maximum Gasteiger partial charge on any atom is 0.234 e. The average Bonchev–Trinajstić information content (AvgIpc) is 2.48. The zero-order chi connectivity index (χ0) is 14.2. The molecule has 5 nitrogen and oxygen atoms in total. The first kappa shape index (κ1) is 15.5. The number of rotatable bonds is 6. The SMILES string of the molecule is C=CCNC(=O)CN1CCC(CN2CCOCC2)CC1. The summed E-state index contributed by atoms with van der Waals surface area (Å²) in [5.41, 5.74) is 0. The Bertz CT molecular complexity index is 308. The Morgan fingerprint density at radius 1 is 1.20 bits per heavy atom. The van der Waals surface area contributed by atoms with Crippen molar-refractivity contribution in [2.45, 2.75) is 12.8 Å². The summed E-state index contributed by atoms with van der Waals surface area (Å²) in [7, 11) is 0. The molecule has 0 bridgehead atoms. The molecule has 2 fully saturated rings. The summed E-state index contributed by atoms with van der Waals surface area (Å²) in [6.07, 6.45) is 4.12. The maximum atomic E-state index is 11.6. The minimum atomic E-state index is 0.108. The molecule has 0 aromatic heterocycles. The molecule has 0 spiro atoms. The Morgan fingerprint density at radius 3 is 2.55 bits per heavy atom. The standard InChI is InChI=1S/C15H27N3O2/c1-2-5-16-15(19)13-17-6-3-14(4-7-17)12-18-8-10-20-11-9-18/h2,14H,1,3-13H2,(H,16,19). The van der Waals surface area contributed by atoms with Crippen molar-refractivity contribution in [3.05, 3.63) is 12.7 Å². The normalized spacial score (nSPS) is 22.6. The summed E-state index contributed by atoms with van der Waals surface area (Å²) in [6.45, 7) is 11.9. The summed E-state index contributed by atoms with van der Waals surface area (Å²) in [5.74, 6) is 0.886. The van der Waals surface area contributed by atoms with Crippen molar-refractivity contribution in [3.8, 4) is 0 Å². The fourth-order valence-electron chi connectivity index (χ4n) is 2.92. The lowest BCUT2D eigenvalue weighted by molar-refractivity contribution is -0.122. The average molecular weight is 281 g/mol. The van der Waals surface area contributed by atoms with Crippen LogP contribution in [0.5, 0.6) is 0 Å². The highest BCUT2D eigenvalue weighted by Crippen LogP contribution is 2.18. The minimum absolute atomic E-state index is 0.108. The third-order valence-corrected chi connectivity index (χ3v) is 4.14. The molecule has 0 aromatic rings. The van der Waals surface area contributed by atoms with Crippen LogP contribution < -0.4 is 5.32 Å². The van der Waals surface area contributed by atoms with E-state index in [0.29, 0.717) is 13.1 Å². The molecule has 2 rings (SSSR count).